The van der Waals surface area contributed by atoms with E-state index in [-0.39, 0.29) is 22.4 Å². The SMILES string of the molecule is CC(C)(C)OC(=O)NS(=O)(=O)c1ccc([N+](=O)[O-])c(NC[C@@H]2CCO2)c1. The molecule has 0 aliphatic carbocycles. The summed E-state index contributed by atoms with van der Waals surface area (Å²) in [6, 6.07) is 3.22. The number of hydrogen-bond acceptors (Lipinski definition) is 8. The molecule has 2 N–H and O–H groups in total. The number of ether oxygens (including phenoxy) is 2. The lowest BCUT2D eigenvalue weighted by Crippen LogP contribution is -2.36. The Morgan fingerprint density at radius 2 is 2.08 bits per heavy atom. The number of carbonyl (C=O) groups excluding carboxylic acids is 1. The number of rotatable bonds is 6. The van der Waals surface area contributed by atoms with E-state index in [4.69, 9.17) is 9.47 Å². The minimum atomic E-state index is -4.25. The minimum Gasteiger partial charge on any atom is -0.443 e. The molecule has 0 radical (unpaired) electrons. The van der Waals surface area contributed by atoms with E-state index < -0.39 is 26.6 Å². The Labute approximate surface area is 151 Å². The van der Waals surface area contributed by atoms with Crippen LogP contribution in [0.15, 0.2) is 23.1 Å². The molecule has 1 aromatic carbocycles. The van der Waals surface area contributed by atoms with Gasteiger partial charge in [-0.2, -0.15) is 0 Å². The molecule has 10 nitrogen and oxygen atoms in total. The molecule has 1 fully saturated rings. The molecule has 1 amide bonds. The molecule has 2 rings (SSSR count). The predicted octanol–water partition coefficient (Wildman–Crippen LogP) is 2.01. The summed E-state index contributed by atoms with van der Waals surface area (Å²) >= 11 is 0. The van der Waals surface area contributed by atoms with Gasteiger partial charge in [-0.1, -0.05) is 0 Å². The van der Waals surface area contributed by atoms with Crippen molar-refractivity contribution < 1.29 is 27.6 Å². The zero-order valence-electron chi connectivity index (χ0n) is 14.6. The van der Waals surface area contributed by atoms with Gasteiger partial charge in [0.2, 0.25) is 0 Å². The number of nitrogens with zero attached hydrogens (tertiary/aromatic N) is 1. The maximum absolute atomic E-state index is 12.3. The Hall–Kier alpha value is -2.40. The number of nitro groups is 1. The third kappa shape index (κ3) is 5.30. The van der Waals surface area contributed by atoms with E-state index in [1.54, 1.807) is 25.5 Å². The number of hydrogen-bond donors (Lipinski definition) is 2. The Morgan fingerprint density at radius 3 is 2.58 bits per heavy atom. The van der Waals surface area contributed by atoms with Crippen LogP contribution < -0.4 is 10.0 Å². The Balaban J connectivity index is 2.21. The number of sulfonamides is 1. The normalized spacial score (nSPS) is 17.1. The van der Waals surface area contributed by atoms with Crippen LogP contribution in [0.3, 0.4) is 0 Å². The van der Waals surface area contributed by atoms with Gasteiger partial charge in [0.15, 0.2) is 0 Å². The summed E-state index contributed by atoms with van der Waals surface area (Å²) < 4.78 is 36.6. The third-order valence-corrected chi connectivity index (χ3v) is 4.72. The first-order valence-electron chi connectivity index (χ1n) is 7.88. The van der Waals surface area contributed by atoms with Crippen molar-refractivity contribution in [1.82, 2.24) is 4.72 Å². The van der Waals surface area contributed by atoms with Gasteiger partial charge >= 0.3 is 6.09 Å². The summed E-state index contributed by atoms with van der Waals surface area (Å²) in [6.45, 7) is 5.72. The number of benzene rings is 1. The van der Waals surface area contributed by atoms with E-state index in [0.717, 1.165) is 24.6 Å². The lowest BCUT2D eigenvalue weighted by molar-refractivity contribution is -0.384. The molecule has 0 aromatic heterocycles. The van der Waals surface area contributed by atoms with Crippen LogP contribution in [-0.4, -0.2) is 44.3 Å². The van der Waals surface area contributed by atoms with Gasteiger partial charge in [0, 0.05) is 19.2 Å². The third-order valence-electron chi connectivity index (χ3n) is 3.41. The first-order chi connectivity index (χ1) is 12.0. The van der Waals surface area contributed by atoms with Crippen LogP contribution in [0.5, 0.6) is 0 Å². The van der Waals surface area contributed by atoms with Crippen LogP contribution in [0.1, 0.15) is 27.2 Å². The van der Waals surface area contributed by atoms with Gasteiger partial charge in [0.1, 0.15) is 11.3 Å². The van der Waals surface area contributed by atoms with E-state index in [1.807, 2.05) is 0 Å². The molecule has 0 bridgehead atoms. The molecule has 0 saturated carbocycles. The summed E-state index contributed by atoms with van der Waals surface area (Å²) in [5.74, 6) is 0. The highest BCUT2D eigenvalue weighted by Gasteiger charge is 2.26. The molecule has 26 heavy (non-hydrogen) atoms. The lowest BCUT2D eigenvalue weighted by atomic mass is 10.2. The number of carbonyl (C=O) groups is 1. The quantitative estimate of drug-likeness (QED) is 0.558. The molecule has 1 heterocycles. The van der Waals surface area contributed by atoms with Crippen LogP contribution >= 0.6 is 0 Å². The predicted molar refractivity (Wildman–Crippen MR) is 92.5 cm³/mol. The van der Waals surface area contributed by atoms with E-state index in [1.165, 1.54) is 0 Å². The summed E-state index contributed by atoms with van der Waals surface area (Å²) in [6.07, 6.45) is -0.387. The second-order valence-electron chi connectivity index (χ2n) is 6.71. The molecule has 144 valence electrons. The molecule has 1 aromatic rings. The summed E-state index contributed by atoms with van der Waals surface area (Å²) in [4.78, 5) is 21.9. The van der Waals surface area contributed by atoms with E-state index >= 15 is 0 Å². The average molecular weight is 387 g/mol. The van der Waals surface area contributed by atoms with Gasteiger partial charge < -0.3 is 14.8 Å². The van der Waals surface area contributed by atoms with Crippen molar-refractivity contribution in [1.29, 1.82) is 0 Å². The van der Waals surface area contributed by atoms with Crippen LogP contribution in [0.25, 0.3) is 0 Å². The highest BCUT2D eigenvalue weighted by molar-refractivity contribution is 7.90. The van der Waals surface area contributed by atoms with Crippen molar-refractivity contribution in [3.63, 3.8) is 0 Å². The molecule has 0 spiro atoms. The topological polar surface area (TPSA) is 137 Å². The second-order valence-corrected chi connectivity index (χ2v) is 8.39. The van der Waals surface area contributed by atoms with E-state index in [0.29, 0.717) is 13.2 Å². The van der Waals surface area contributed by atoms with Crippen molar-refractivity contribution in [2.24, 2.45) is 0 Å². The van der Waals surface area contributed by atoms with Crippen molar-refractivity contribution in [2.45, 2.75) is 43.8 Å². The van der Waals surface area contributed by atoms with Gasteiger partial charge in [0.25, 0.3) is 15.7 Å². The molecular formula is C15H21N3O7S. The zero-order chi connectivity index (χ0) is 19.5. The maximum Gasteiger partial charge on any atom is 0.421 e. The number of amides is 1. The molecular weight excluding hydrogens is 366 g/mol. The molecule has 1 saturated heterocycles. The fourth-order valence-electron chi connectivity index (χ4n) is 2.12. The largest absolute Gasteiger partial charge is 0.443 e. The number of nitrogens with one attached hydrogen (secondary N) is 2. The average Bonchev–Trinajstić information content (AvgIpc) is 2.42. The fraction of sp³-hybridized carbons (Fsp3) is 0.533. The van der Waals surface area contributed by atoms with E-state index in [2.05, 4.69) is 5.32 Å². The van der Waals surface area contributed by atoms with Gasteiger partial charge in [-0.25, -0.2) is 17.9 Å². The summed E-state index contributed by atoms with van der Waals surface area (Å²) in [7, 11) is -4.25. The Kier molecular flexibility index (Phi) is 5.71. The van der Waals surface area contributed by atoms with Gasteiger partial charge in [-0.3, -0.25) is 10.1 Å². The first kappa shape index (κ1) is 19.9. The first-order valence-corrected chi connectivity index (χ1v) is 9.36. The van der Waals surface area contributed by atoms with Crippen molar-refractivity contribution in [2.75, 3.05) is 18.5 Å². The van der Waals surface area contributed by atoms with Crippen LogP contribution in [0, 0.1) is 10.1 Å². The fourth-order valence-corrected chi connectivity index (χ4v) is 3.02. The summed E-state index contributed by atoms with van der Waals surface area (Å²) in [5, 5.41) is 14.0. The maximum atomic E-state index is 12.3. The monoisotopic (exact) mass is 387 g/mol. The zero-order valence-corrected chi connectivity index (χ0v) is 15.5. The van der Waals surface area contributed by atoms with Gasteiger partial charge in [-0.15, -0.1) is 0 Å². The smallest absolute Gasteiger partial charge is 0.421 e. The number of nitro benzene ring substituents is 1. The van der Waals surface area contributed by atoms with Crippen molar-refractivity contribution in [3.05, 3.63) is 28.3 Å². The Morgan fingerprint density at radius 1 is 1.42 bits per heavy atom. The van der Waals surface area contributed by atoms with E-state index in [9.17, 15) is 23.3 Å². The van der Waals surface area contributed by atoms with Gasteiger partial charge in [0.05, 0.1) is 15.9 Å². The highest BCUT2D eigenvalue weighted by Crippen LogP contribution is 2.28. The molecule has 1 aliphatic rings. The van der Waals surface area contributed by atoms with Crippen molar-refractivity contribution >= 4 is 27.5 Å². The Bertz CT molecular complexity index is 798. The lowest BCUT2D eigenvalue weighted by Gasteiger charge is -2.26. The second kappa shape index (κ2) is 7.46. The standard InChI is InChI=1S/C15H21N3O7S/c1-15(2,3)25-14(19)17-26(22,23)11-4-5-13(18(20)21)12(8-11)16-9-10-6-7-24-10/h4-5,8,10,16H,6-7,9H2,1-3H3,(H,17,19)/t10-/m0/s1. The summed E-state index contributed by atoms with van der Waals surface area (Å²) in [5.41, 5.74) is -1.12. The minimum absolute atomic E-state index is 0.0255. The molecule has 1 atom stereocenters. The van der Waals surface area contributed by atoms with Crippen LogP contribution in [0.4, 0.5) is 16.2 Å². The number of anilines is 1. The molecule has 11 heteroatoms. The molecule has 1 aliphatic heterocycles. The highest BCUT2D eigenvalue weighted by atomic mass is 32.2. The van der Waals surface area contributed by atoms with Crippen LogP contribution in [0.2, 0.25) is 0 Å². The van der Waals surface area contributed by atoms with Crippen LogP contribution in [-0.2, 0) is 19.5 Å². The van der Waals surface area contributed by atoms with Gasteiger partial charge in [-0.05, 0) is 39.3 Å². The molecule has 0 unspecified atom stereocenters. The van der Waals surface area contributed by atoms with Crippen molar-refractivity contribution in [3.8, 4) is 0 Å².